The van der Waals surface area contributed by atoms with Crippen molar-refractivity contribution >= 4 is 74.9 Å². The molecule has 0 amide bonds. The summed E-state index contributed by atoms with van der Waals surface area (Å²) in [5, 5.41) is 27.9. The first kappa shape index (κ1) is 18.0. The summed E-state index contributed by atoms with van der Waals surface area (Å²) in [6, 6.07) is 29.5. The Kier molecular flexibility index (Phi) is 3.53. The SMILES string of the molecule is N#Cc1nc2c3cc4ccccc4cc3c3cc4c(cc3c2nc1C#N)sc1ccccc14. The van der Waals surface area contributed by atoms with E-state index in [0.29, 0.717) is 11.0 Å². The van der Waals surface area contributed by atoms with Crippen molar-refractivity contribution in [1.82, 2.24) is 9.97 Å². The average Bonchev–Trinajstić information content (AvgIpc) is 3.23. The molecule has 0 aliphatic rings. The van der Waals surface area contributed by atoms with Gasteiger partial charge in [0.05, 0.1) is 11.0 Å². The monoisotopic (exact) mass is 436 g/mol. The second kappa shape index (κ2) is 6.46. The summed E-state index contributed by atoms with van der Waals surface area (Å²) < 4.78 is 2.40. The Bertz CT molecular complexity index is 2060. The summed E-state index contributed by atoms with van der Waals surface area (Å²) in [7, 11) is 0. The molecule has 0 atom stereocenters. The molecule has 0 spiro atoms. The largest absolute Gasteiger partial charge is 0.232 e. The topological polar surface area (TPSA) is 73.4 Å². The van der Waals surface area contributed by atoms with Gasteiger partial charge in [-0.1, -0.05) is 42.5 Å². The minimum absolute atomic E-state index is 0.0572. The first-order valence-corrected chi connectivity index (χ1v) is 11.3. The van der Waals surface area contributed by atoms with E-state index in [1.165, 1.54) is 15.5 Å². The smallest absolute Gasteiger partial charge is 0.177 e. The standard InChI is InChI=1S/C28H12N4S/c29-13-23-24(14-30)32-28-22-12-26-20(17-7-3-4-8-25(17)33-26)11-19(22)18-9-15-5-1-2-6-16(15)10-21(18)27(28)31-23/h1-12H. The third-order valence-corrected chi connectivity index (χ3v) is 7.44. The minimum atomic E-state index is 0.0572. The van der Waals surface area contributed by atoms with Crippen molar-refractivity contribution in [3.63, 3.8) is 0 Å². The highest BCUT2D eigenvalue weighted by atomic mass is 32.1. The Morgan fingerprint density at radius 1 is 0.545 bits per heavy atom. The summed E-state index contributed by atoms with van der Waals surface area (Å²) in [6.07, 6.45) is 0. The van der Waals surface area contributed by atoms with Crippen LogP contribution in [0, 0.1) is 22.7 Å². The first-order valence-electron chi connectivity index (χ1n) is 10.5. The zero-order valence-corrected chi connectivity index (χ0v) is 17.9. The molecule has 0 N–H and O–H groups in total. The van der Waals surface area contributed by atoms with Gasteiger partial charge in [0, 0.05) is 30.9 Å². The van der Waals surface area contributed by atoms with Gasteiger partial charge in [-0.05, 0) is 51.9 Å². The van der Waals surface area contributed by atoms with Crippen LogP contribution in [0.1, 0.15) is 11.4 Å². The number of aromatic nitrogens is 2. The fourth-order valence-electron chi connectivity index (χ4n) is 4.82. The zero-order valence-electron chi connectivity index (χ0n) is 17.1. The molecule has 4 nitrogen and oxygen atoms in total. The molecule has 5 heteroatoms. The maximum atomic E-state index is 9.60. The number of nitrogens with zero attached hydrogens (tertiary/aromatic N) is 4. The zero-order chi connectivity index (χ0) is 22.1. The average molecular weight is 436 g/mol. The molecular formula is C28H12N4S. The van der Waals surface area contributed by atoms with Crippen LogP contribution in [0.5, 0.6) is 0 Å². The van der Waals surface area contributed by atoms with Crippen LogP contribution >= 0.6 is 11.3 Å². The first-order chi connectivity index (χ1) is 16.2. The van der Waals surface area contributed by atoms with Crippen LogP contribution in [0.15, 0.2) is 72.8 Å². The maximum Gasteiger partial charge on any atom is 0.177 e. The molecule has 2 heterocycles. The van der Waals surface area contributed by atoms with Crippen LogP contribution in [0.25, 0.3) is 63.5 Å². The number of nitriles is 2. The highest BCUT2D eigenvalue weighted by Gasteiger charge is 2.17. The van der Waals surface area contributed by atoms with Crippen molar-refractivity contribution in [1.29, 1.82) is 10.5 Å². The molecule has 0 unspecified atom stereocenters. The lowest BCUT2D eigenvalue weighted by molar-refractivity contribution is 1.21. The number of fused-ring (bicyclic) bond motifs is 10. The van der Waals surface area contributed by atoms with Crippen molar-refractivity contribution in [2.24, 2.45) is 0 Å². The minimum Gasteiger partial charge on any atom is -0.232 e. The Balaban J connectivity index is 1.80. The molecule has 7 rings (SSSR count). The molecular weight excluding hydrogens is 424 g/mol. The quantitative estimate of drug-likeness (QED) is 0.186. The number of benzene rings is 5. The molecule has 5 aromatic carbocycles. The second-order valence-corrected chi connectivity index (χ2v) is 9.16. The molecule has 0 aliphatic carbocycles. The van der Waals surface area contributed by atoms with Crippen LogP contribution in [-0.4, -0.2) is 9.97 Å². The normalized spacial score (nSPS) is 11.6. The van der Waals surface area contributed by atoms with E-state index in [9.17, 15) is 10.5 Å². The van der Waals surface area contributed by atoms with Gasteiger partial charge in [0.15, 0.2) is 11.4 Å². The van der Waals surface area contributed by atoms with Crippen molar-refractivity contribution in [3.05, 3.63) is 84.2 Å². The van der Waals surface area contributed by atoms with Gasteiger partial charge >= 0.3 is 0 Å². The fraction of sp³-hybridized carbons (Fsp3) is 0. The van der Waals surface area contributed by atoms with Crippen LogP contribution in [0.3, 0.4) is 0 Å². The van der Waals surface area contributed by atoms with Gasteiger partial charge in [0.2, 0.25) is 0 Å². The molecule has 0 saturated carbocycles. The lowest BCUT2D eigenvalue weighted by Crippen LogP contribution is -1.97. The predicted molar refractivity (Wildman–Crippen MR) is 134 cm³/mol. The predicted octanol–water partition coefficient (Wildman–Crippen LogP) is 7.20. The molecule has 0 bridgehead atoms. The van der Waals surface area contributed by atoms with Crippen LogP contribution in [-0.2, 0) is 0 Å². The molecule has 33 heavy (non-hydrogen) atoms. The van der Waals surface area contributed by atoms with E-state index >= 15 is 0 Å². The van der Waals surface area contributed by atoms with Crippen LogP contribution in [0.4, 0.5) is 0 Å². The van der Waals surface area contributed by atoms with Crippen molar-refractivity contribution in [2.45, 2.75) is 0 Å². The fourth-order valence-corrected chi connectivity index (χ4v) is 5.94. The summed E-state index contributed by atoms with van der Waals surface area (Å²) >= 11 is 1.75. The number of hydrogen-bond acceptors (Lipinski definition) is 5. The van der Waals surface area contributed by atoms with Gasteiger partial charge in [0.1, 0.15) is 12.1 Å². The maximum absolute atomic E-state index is 9.60. The highest BCUT2D eigenvalue weighted by molar-refractivity contribution is 7.25. The summed E-state index contributed by atoms with van der Waals surface area (Å²) in [5.41, 5.74) is 1.42. The molecule has 0 aliphatic heterocycles. The molecule has 2 aromatic heterocycles. The van der Waals surface area contributed by atoms with Gasteiger partial charge in [-0.15, -0.1) is 11.3 Å². The Hall–Kier alpha value is -4.58. The molecule has 7 aromatic rings. The van der Waals surface area contributed by atoms with Gasteiger partial charge in [-0.2, -0.15) is 10.5 Å². The number of hydrogen-bond donors (Lipinski definition) is 0. The van der Waals surface area contributed by atoms with Gasteiger partial charge in [-0.25, -0.2) is 9.97 Å². The van der Waals surface area contributed by atoms with Crippen LogP contribution < -0.4 is 0 Å². The number of thiophene rings is 1. The van der Waals surface area contributed by atoms with E-state index in [2.05, 4.69) is 70.6 Å². The van der Waals surface area contributed by atoms with E-state index in [4.69, 9.17) is 0 Å². The van der Waals surface area contributed by atoms with Crippen molar-refractivity contribution < 1.29 is 0 Å². The van der Waals surface area contributed by atoms with Crippen LogP contribution in [0.2, 0.25) is 0 Å². The lowest BCUT2D eigenvalue weighted by Gasteiger charge is -2.12. The summed E-state index contributed by atoms with van der Waals surface area (Å²) in [6.45, 7) is 0. The third kappa shape index (κ3) is 2.43. The lowest BCUT2D eigenvalue weighted by atomic mass is 9.95. The van der Waals surface area contributed by atoms with E-state index in [1.807, 2.05) is 24.3 Å². The van der Waals surface area contributed by atoms with Crippen molar-refractivity contribution in [2.75, 3.05) is 0 Å². The highest BCUT2D eigenvalue weighted by Crippen LogP contribution is 2.41. The number of rotatable bonds is 0. The second-order valence-electron chi connectivity index (χ2n) is 8.08. The third-order valence-electron chi connectivity index (χ3n) is 6.31. The van der Waals surface area contributed by atoms with Gasteiger partial charge < -0.3 is 0 Å². The Morgan fingerprint density at radius 3 is 1.82 bits per heavy atom. The summed E-state index contributed by atoms with van der Waals surface area (Å²) in [4.78, 5) is 9.27. The van der Waals surface area contributed by atoms with Crippen molar-refractivity contribution in [3.8, 4) is 12.1 Å². The molecule has 0 saturated heterocycles. The van der Waals surface area contributed by atoms with E-state index in [-0.39, 0.29) is 11.4 Å². The molecule has 0 radical (unpaired) electrons. The Labute approximate surface area is 191 Å². The van der Waals surface area contributed by atoms with Gasteiger partial charge in [-0.3, -0.25) is 0 Å². The van der Waals surface area contributed by atoms with E-state index in [1.54, 1.807) is 11.3 Å². The van der Waals surface area contributed by atoms with Gasteiger partial charge in [0.25, 0.3) is 0 Å². The van der Waals surface area contributed by atoms with E-state index < -0.39 is 0 Å². The van der Waals surface area contributed by atoms with E-state index in [0.717, 1.165) is 37.0 Å². The summed E-state index contributed by atoms with van der Waals surface area (Å²) in [5.74, 6) is 0. The molecule has 150 valence electrons. The molecule has 0 fully saturated rings. The Morgan fingerprint density at radius 2 is 1.12 bits per heavy atom.